The van der Waals surface area contributed by atoms with Gasteiger partial charge in [0.1, 0.15) is 11.6 Å². The largest absolute Gasteiger partial charge is 0.497 e. The SMILES string of the molecule is COc1ccc2nc(N3C[C@@H](C)N(C(=O)NC4CC5(C4)CN(Cc4ccccc4)C5)C[C@@H]3C)cnc2c1. The average Bonchev–Trinajstić information content (AvgIpc) is 2.87. The maximum atomic E-state index is 13.2. The molecule has 0 radical (unpaired) electrons. The summed E-state index contributed by atoms with van der Waals surface area (Å²) in [6.07, 6.45) is 4.00. The molecule has 8 heteroatoms. The lowest BCUT2D eigenvalue weighted by molar-refractivity contribution is -0.0811. The van der Waals surface area contributed by atoms with Gasteiger partial charge in [-0.1, -0.05) is 30.3 Å². The second-order valence-electron chi connectivity index (χ2n) is 11.3. The fraction of sp³-hybridized carbons (Fsp3) is 0.483. The van der Waals surface area contributed by atoms with Crippen LogP contribution < -0.4 is 15.0 Å². The number of amides is 2. The Morgan fingerprint density at radius 3 is 2.59 bits per heavy atom. The molecule has 1 spiro atoms. The highest BCUT2D eigenvalue weighted by Crippen LogP contribution is 2.48. The van der Waals surface area contributed by atoms with E-state index in [1.165, 1.54) is 5.56 Å². The van der Waals surface area contributed by atoms with Crippen molar-refractivity contribution in [2.75, 3.05) is 38.2 Å². The van der Waals surface area contributed by atoms with Gasteiger partial charge in [0, 0.05) is 56.9 Å². The van der Waals surface area contributed by atoms with Crippen molar-refractivity contribution in [2.45, 2.75) is 51.4 Å². The number of nitrogens with one attached hydrogen (secondary N) is 1. The molecule has 3 fully saturated rings. The van der Waals surface area contributed by atoms with Gasteiger partial charge in [0.05, 0.1) is 24.3 Å². The summed E-state index contributed by atoms with van der Waals surface area (Å²) in [6, 6.07) is 17.0. The first-order valence-corrected chi connectivity index (χ1v) is 13.3. The van der Waals surface area contributed by atoms with E-state index in [9.17, 15) is 4.79 Å². The van der Waals surface area contributed by atoms with Gasteiger partial charge in [-0.05, 0) is 49.8 Å². The zero-order valence-electron chi connectivity index (χ0n) is 21.9. The number of methoxy groups -OCH3 is 1. The lowest BCUT2D eigenvalue weighted by atomic mass is 9.60. The molecule has 2 amide bonds. The highest BCUT2D eigenvalue weighted by Gasteiger charge is 2.52. The van der Waals surface area contributed by atoms with Gasteiger partial charge < -0.3 is 19.9 Å². The topological polar surface area (TPSA) is 73.8 Å². The number of hydrogen-bond acceptors (Lipinski definition) is 6. The van der Waals surface area contributed by atoms with Crippen molar-refractivity contribution in [3.8, 4) is 5.75 Å². The van der Waals surface area contributed by atoms with Gasteiger partial charge in [0.25, 0.3) is 0 Å². The maximum Gasteiger partial charge on any atom is 0.317 e. The molecule has 6 rings (SSSR count). The van der Waals surface area contributed by atoms with E-state index in [1.54, 1.807) is 7.11 Å². The van der Waals surface area contributed by atoms with E-state index in [-0.39, 0.29) is 24.2 Å². The van der Waals surface area contributed by atoms with E-state index in [0.29, 0.717) is 12.0 Å². The molecule has 3 heterocycles. The molecular formula is C29H36N6O2. The van der Waals surface area contributed by atoms with Gasteiger partial charge in [-0.15, -0.1) is 0 Å². The average molecular weight is 501 g/mol. The third kappa shape index (κ3) is 4.70. The number of urea groups is 1. The van der Waals surface area contributed by atoms with Crippen molar-refractivity contribution in [1.82, 2.24) is 25.1 Å². The van der Waals surface area contributed by atoms with E-state index >= 15 is 0 Å². The van der Waals surface area contributed by atoms with E-state index in [1.807, 2.05) is 29.3 Å². The van der Waals surface area contributed by atoms with Crippen LogP contribution in [0.4, 0.5) is 10.6 Å². The molecule has 1 saturated carbocycles. The van der Waals surface area contributed by atoms with Crippen LogP contribution in [0.2, 0.25) is 0 Å². The number of carbonyl (C=O) groups excluding carboxylic acids is 1. The minimum atomic E-state index is 0.0657. The van der Waals surface area contributed by atoms with E-state index in [0.717, 1.165) is 61.6 Å². The molecule has 0 bridgehead atoms. The summed E-state index contributed by atoms with van der Waals surface area (Å²) in [7, 11) is 1.65. The third-order valence-electron chi connectivity index (χ3n) is 8.33. The quantitative estimate of drug-likeness (QED) is 0.573. The van der Waals surface area contributed by atoms with Gasteiger partial charge >= 0.3 is 6.03 Å². The van der Waals surface area contributed by atoms with Gasteiger partial charge in [-0.25, -0.2) is 9.78 Å². The van der Waals surface area contributed by atoms with Crippen molar-refractivity contribution in [1.29, 1.82) is 0 Å². The molecule has 2 saturated heterocycles. The lowest BCUT2D eigenvalue weighted by Gasteiger charge is -2.59. The Labute approximate surface area is 218 Å². The fourth-order valence-electron chi connectivity index (χ4n) is 6.43. The van der Waals surface area contributed by atoms with Gasteiger partial charge in [-0.3, -0.25) is 9.88 Å². The van der Waals surface area contributed by atoms with Crippen LogP contribution in [0, 0.1) is 5.41 Å². The van der Waals surface area contributed by atoms with Crippen LogP contribution in [0.15, 0.2) is 54.7 Å². The molecule has 37 heavy (non-hydrogen) atoms. The summed E-state index contributed by atoms with van der Waals surface area (Å²) in [4.78, 5) is 29.4. The van der Waals surface area contributed by atoms with Crippen LogP contribution in [0.3, 0.4) is 0 Å². The number of carbonyl (C=O) groups is 1. The number of piperazine rings is 1. The number of aromatic nitrogens is 2. The van der Waals surface area contributed by atoms with Crippen molar-refractivity contribution in [2.24, 2.45) is 5.41 Å². The second-order valence-corrected chi connectivity index (χ2v) is 11.3. The molecule has 1 N–H and O–H groups in total. The maximum absolute atomic E-state index is 13.2. The predicted octanol–water partition coefficient (Wildman–Crippen LogP) is 3.91. The number of benzene rings is 2. The minimum Gasteiger partial charge on any atom is -0.497 e. The van der Waals surface area contributed by atoms with Crippen molar-refractivity contribution in [3.05, 3.63) is 60.3 Å². The lowest BCUT2D eigenvalue weighted by Crippen LogP contribution is -2.68. The molecule has 1 aromatic heterocycles. The van der Waals surface area contributed by atoms with Crippen molar-refractivity contribution >= 4 is 22.9 Å². The van der Waals surface area contributed by atoms with E-state index in [4.69, 9.17) is 9.72 Å². The first-order valence-electron chi connectivity index (χ1n) is 13.3. The van der Waals surface area contributed by atoms with Crippen LogP contribution in [0.5, 0.6) is 5.75 Å². The van der Waals surface area contributed by atoms with Crippen molar-refractivity contribution < 1.29 is 9.53 Å². The number of anilines is 1. The molecule has 2 aliphatic heterocycles. The first kappa shape index (κ1) is 24.0. The van der Waals surface area contributed by atoms with Crippen LogP contribution >= 0.6 is 0 Å². The molecule has 2 aromatic carbocycles. The van der Waals surface area contributed by atoms with E-state index < -0.39 is 0 Å². The number of rotatable bonds is 5. The number of hydrogen-bond donors (Lipinski definition) is 1. The Morgan fingerprint density at radius 2 is 1.84 bits per heavy atom. The Bertz CT molecular complexity index is 1270. The molecule has 2 atom stereocenters. The summed E-state index contributed by atoms with van der Waals surface area (Å²) >= 11 is 0. The van der Waals surface area contributed by atoms with Crippen LogP contribution in [-0.4, -0.2) is 77.2 Å². The smallest absolute Gasteiger partial charge is 0.317 e. The molecule has 1 aliphatic carbocycles. The van der Waals surface area contributed by atoms with Crippen LogP contribution in [0.1, 0.15) is 32.3 Å². The summed E-state index contributed by atoms with van der Waals surface area (Å²) in [6.45, 7) is 8.97. The number of ether oxygens (including phenoxy) is 1. The highest BCUT2D eigenvalue weighted by molar-refractivity contribution is 5.78. The fourth-order valence-corrected chi connectivity index (χ4v) is 6.43. The molecule has 0 unspecified atom stereocenters. The Kier molecular flexibility index (Phi) is 6.15. The van der Waals surface area contributed by atoms with Crippen LogP contribution in [-0.2, 0) is 6.54 Å². The van der Waals surface area contributed by atoms with Crippen molar-refractivity contribution in [3.63, 3.8) is 0 Å². The molecule has 8 nitrogen and oxygen atoms in total. The minimum absolute atomic E-state index is 0.0657. The first-order chi connectivity index (χ1) is 17.9. The predicted molar refractivity (Wildman–Crippen MR) is 145 cm³/mol. The summed E-state index contributed by atoms with van der Waals surface area (Å²) in [5.74, 6) is 1.62. The number of nitrogens with zero attached hydrogens (tertiary/aromatic N) is 5. The number of fused-ring (bicyclic) bond motifs is 1. The normalized spacial score (nSPS) is 23.5. The zero-order chi connectivity index (χ0) is 25.6. The summed E-state index contributed by atoms with van der Waals surface area (Å²) in [5, 5.41) is 3.32. The second kappa shape index (κ2) is 9.49. The zero-order valence-corrected chi connectivity index (χ0v) is 21.9. The van der Waals surface area contributed by atoms with Gasteiger partial charge in [-0.2, -0.15) is 0 Å². The van der Waals surface area contributed by atoms with Gasteiger partial charge in [0.15, 0.2) is 0 Å². The molecular weight excluding hydrogens is 464 g/mol. The number of likely N-dealkylation sites (tertiary alicyclic amines) is 1. The van der Waals surface area contributed by atoms with Crippen LogP contribution in [0.25, 0.3) is 11.0 Å². The summed E-state index contributed by atoms with van der Waals surface area (Å²) in [5.41, 5.74) is 3.44. The Morgan fingerprint density at radius 1 is 1.05 bits per heavy atom. The molecule has 194 valence electrons. The Balaban J connectivity index is 1.01. The molecule has 3 aliphatic rings. The summed E-state index contributed by atoms with van der Waals surface area (Å²) < 4.78 is 5.30. The Hall–Kier alpha value is -3.39. The van der Waals surface area contributed by atoms with Gasteiger partial charge in [0.2, 0.25) is 0 Å². The third-order valence-corrected chi connectivity index (χ3v) is 8.33. The van der Waals surface area contributed by atoms with E-state index in [2.05, 4.69) is 64.3 Å². The molecule has 3 aromatic rings. The highest BCUT2D eigenvalue weighted by atomic mass is 16.5. The monoisotopic (exact) mass is 500 g/mol. The standard InChI is InChI=1S/C29H36N6O2/c1-20-16-35(21(2)15-34(20)27-14-30-26-11-24(37-3)9-10-25(26)32-27)28(36)31-23-12-29(13-23)18-33(19-29)17-22-7-5-4-6-8-22/h4-11,14,20-21,23H,12-13,15-19H2,1-3H3,(H,31,36)/t20-,21+/m0/s1.